The number of hydrogen-bond donors (Lipinski definition) is 1. The number of fused-ring (bicyclic) bond motifs is 2. The second-order valence-electron chi connectivity index (χ2n) is 6.67. The summed E-state index contributed by atoms with van der Waals surface area (Å²) in [5, 5.41) is 5.05. The van der Waals surface area contributed by atoms with Gasteiger partial charge in [0.25, 0.3) is 0 Å². The summed E-state index contributed by atoms with van der Waals surface area (Å²) in [5.74, 6) is -0.0280. The van der Waals surface area contributed by atoms with Crippen LogP contribution in [0.5, 0.6) is 5.75 Å². The van der Waals surface area contributed by atoms with Gasteiger partial charge in [0.1, 0.15) is 6.61 Å². The molecule has 2 heterocycles. The lowest BCUT2D eigenvalue weighted by Gasteiger charge is -2.12. The Kier molecular flexibility index (Phi) is 4.77. The molecule has 4 nitrogen and oxygen atoms in total. The van der Waals surface area contributed by atoms with Crippen LogP contribution in [0.3, 0.4) is 0 Å². The van der Waals surface area contributed by atoms with Crippen LogP contribution in [0.4, 0.5) is 4.39 Å². The summed E-state index contributed by atoms with van der Waals surface area (Å²) < 4.78 is 22.7. The molecule has 0 unspecified atom stereocenters. The Labute approximate surface area is 157 Å². The number of para-hydroxylation sites is 1. The molecule has 27 heavy (non-hydrogen) atoms. The molecule has 0 spiro atoms. The summed E-state index contributed by atoms with van der Waals surface area (Å²) in [5.41, 5.74) is 3.87. The lowest BCUT2D eigenvalue weighted by atomic mass is 10.1. The van der Waals surface area contributed by atoms with Crippen molar-refractivity contribution in [1.29, 1.82) is 0 Å². The highest BCUT2D eigenvalue weighted by atomic mass is 19.1. The van der Waals surface area contributed by atoms with E-state index in [-0.39, 0.29) is 12.4 Å². The van der Waals surface area contributed by atoms with Gasteiger partial charge in [0.2, 0.25) is 0 Å². The number of nitrogens with zero attached hydrogens (tertiary/aromatic N) is 2. The molecule has 0 fully saturated rings. The Morgan fingerprint density at radius 2 is 1.96 bits per heavy atom. The molecule has 0 amide bonds. The van der Waals surface area contributed by atoms with Crippen molar-refractivity contribution in [2.24, 2.45) is 7.05 Å². The second-order valence-corrected chi connectivity index (χ2v) is 6.67. The van der Waals surface area contributed by atoms with Crippen LogP contribution >= 0.6 is 0 Å². The van der Waals surface area contributed by atoms with E-state index in [0.29, 0.717) is 5.75 Å². The fourth-order valence-electron chi connectivity index (χ4n) is 3.54. The van der Waals surface area contributed by atoms with E-state index in [0.717, 1.165) is 45.9 Å². The van der Waals surface area contributed by atoms with E-state index in [1.54, 1.807) is 12.3 Å². The first-order chi connectivity index (χ1) is 13.2. The Bertz CT molecular complexity index is 1100. The van der Waals surface area contributed by atoms with Crippen LogP contribution in [0, 0.1) is 5.82 Å². The van der Waals surface area contributed by atoms with Gasteiger partial charge in [-0.05, 0) is 43.8 Å². The van der Waals surface area contributed by atoms with Crippen molar-refractivity contribution in [3.63, 3.8) is 0 Å². The number of nitrogens with one attached hydrogen (secondary N) is 1. The summed E-state index contributed by atoms with van der Waals surface area (Å²) in [7, 11) is 3.89. The summed E-state index contributed by atoms with van der Waals surface area (Å²) in [6.45, 7) is 1.09. The number of likely N-dealkylation sites (N-methyl/N-ethyl adjacent to an activating group) is 1. The smallest absolute Gasteiger partial charge is 0.165 e. The van der Waals surface area contributed by atoms with Gasteiger partial charge >= 0.3 is 0 Å². The lowest BCUT2D eigenvalue weighted by molar-refractivity contribution is 0.295. The van der Waals surface area contributed by atoms with E-state index in [1.165, 1.54) is 6.07 Å². The van der Waals surface area contributed by atoms with Crippen molar-refractivity contribution in [2.45, 2.75) is 13.0 Å². The number of ether oxygens (including phenoxy) is 1. The molecule has 2 aromatic heterocycles. The molecule has 1 N–H and O–H groups in total. The van der Waals surface area contributed by atoms with E-state index in [2.05, 4.69) is 10.3 Å². The van der Waals surface area contributed by atoms with Crippen molar-refractivity contribution < 1.29 is 9.13 Å². The molecule has 0 aliphatic heterocycles. The van der Waals surface area contributed by atoms with Gasteiger partial charge in [0.15, 0.2) is 11.6 Å². The Balaban J connectivity index is 1.73. The maximum atomic E-state index is 14.7. The monoisotopic (exact) mass is 363 g/mol. The molecular formula is C22H22FN3O. The van der Waals surface area contributed by atoms with Crippen LogP contribution in [0.25, 0.3) is 21.8 Å². The maximum absolute atomic E-state index is 14.7. The van der Waals surface area contributed by atoms with Gasteiger partial charge in [-0.25, -0.2) is 4.39 Å². The fraction of sp³-hybridized carbons (Fsp3) is 0.227. The second kappa shape index (κ2) is 7.37. The van der Waals surface area contributed by atoms with E-state index < -0.39 is 0 Å². The molecule has 0 saturated carbocycles. The first-order valence-corrected chi connectivity index (χ1v) is 9.05. The first kappa shape index (κ1) is 17.5. The van der Waals surface area contributed by atoms with Crippen LogP contribution in [-0.2, 0) is 20.1 Å². The van der Waals surface area contributed by atoms with Gasteiger partial charge in [0, 0.05) is 35.8 Å². The third kappa shape index (κ3) is 3.26. The average molecular weight is 363 g/mol. The van der Waals surface area contributed by atoms with Gasteiger partial charge in [-0.15, -0.1) is 0 Å². The maximum Gasteiger partial charge on any atom is 0.165 e. The molecule has 0 radical (unpaired) electrons. The molecule has 4 aromatic rings. The molecule has 0 saturated heterocycles. The quantitative estimate of drug-likeness (QED) is 0.558. The van der Waals surface area contributed by atoms with Crippen molar-refractivity contribution in [3.05, 3.63) is 71.8 Å². The van der Waals surface area contributed by atoms with E-state index in [1.807, 2.05) is 55.2 Å². The van der Waals surface area contributed by atoms with Crippen LogP contribution in [0.15, 0.2) is 54.9 Å². The van der Waals surface area contributed by atoms with E-state index >= 15 is 0 Å². The third-order valence-corrected chi connectivity index (χ3v) is 4.87. The number of halogens is 1. The number of aromatic nitrogens is 2. The number of rotatable bonds is 6. The molecule has 0 atom stereocenters. The van der Waals surface area contributed by atoms with Gasteiger partial charge in [-0.2, -0.15) is 0 Å². The summed E-state index contributed by atoms with van der Waals surface area (Å²) in [6.07, 6.45) is 4.62. The summed E-state index contributed by atoms with van der Waals surface area (Å²) >= 11 is 0. The highest BCUT2D eigenvalue weighted by Gasteiger charge is 2.17. The zero-order valence-corrected chi connectivity index (χ0v) is 15.5. The van der Waals surface area contributed by atoms with Crippen LogP contribution < -0.4 is 10.1 Å². The zero-order chi connectivity index (χ0) is 18.8. The highest BCUT2D eigenvalue weighted by Crippen LogP contribution is 2.34. The van der Waals surface area contributed by atoms with Crippen LogP contribution in [0.1, 0.15) is 11.1 Å². The highest BCUT2D eigenvalue weighted by molar-refractivity contribution is 5.90. The van der Waals surface area contributed by atoms with Crippen molar-refractivity contribution >= 4 is 21.8 Å². The molecule has 0 aliphatic carbocycles. The molecular weight excluding hydrogens is 341 g/mol. The lowest BCUT2D eigenvalue weighted by Crippen LogP contribution is -2.10. The summed E-state index contributed by atoms with van der Waals surface area (Å²) in [4.78, 5) is 4.45. The summed E-state index contributed by atoms with van der Waals surface area (Å²) in [6, 6.07) is 13.2. The van der Waals surface area contributed by atoms with E-state index in [9.17, 15) is 4.39 Å². The number of benzene rings is 2. The van der Waals surface area contributed by atoms with Crippen molar-refractivity contribution in [2.75, 3.05) is 13.6 Å². The minimum atomic E-state index is -0.340. The molecule has 0 bridgehead atoms. The van der Waals surface area contributed by atoms with Gasteiger partial charge < -0.3 is 14.6 Å². The van der Waals surface area contributed by atoms with Crippen LogP contribution in [-0.4, -0.2) is 23.1 Å². The Morgan fingerprint density at radius 3 is 2.81 bits per heavy atom. The molecule has 138 valence electrons. The van der Waals surface area contributed by atoms with E-state index in [4.69, 9.17) is 4.74 Å². The van der Waals surface area contributed by atoms with Crippen LogP contribution in [0.2, 0.25) is 0 Å². The molecule has 4 rings (SSSR count). The predicted molar refractivity (Wildman–Crippen MR) is 107 cm³/mol. The van der Waals surface area contributed by atoms with Crippen molar-refractivity contribution in [1.82, 2.24) is 14.9 Å². The third-order valence-electron chi connectivity index (χ3n) is 4.87. The number of hydrogen-bond acceptors (Lipinski definition) is 3. The Morgan fingerprint density at radius 1 is 1.11 bits per heavy atom. The topological polar surface area (TPSA) is 39.1 Å². The number of pyridine rings is 1. The molecule has 2 aromatic carbocycles. The van der Waals surface area contributed by atoms with Gasteiger partial charge in [0.05, 0.1) is 11.0 Å². The predicted octanol–water partition coefficient (Wildman–Crippen LogP) is 4.21. The van der Waals surface area contributed by atoms with Crippen molar-refractivity contribution in [3.8, 4) is 5.75 Å². The molecule has 0 aliphatic rings. The van der Waals surface area contributed by atoms with Gasteiger partial charge in [-0.3, -0.25) is 4.98 Å². The van der Waals surface area contributed by atoms with Gasteiger partial charge in [-0.1, -0.05) is 24.3 Å². The number of aryl methyl sites for hydroxylation is 1. The molecule has 5 heteroatoms. The Hall–Kier alpha value is -2.92. The minimum absolute atomic E-state index is 0.269. The first-order valence-electron chi connectivity index (χ1n) is 9.05. The standard InChI is InChI=1S/C22H22FN3O/c1-24-12-10-16-13-26(2)19-9-8-18(23)22(20(16)19)27-14-17-6-3-5-15-7-4-11-25-21(15)17/h3-9,11,13,24H,10,12,14H2,1-2H3. The average Bonchev–Trinajstić information content (AvgIpc) is 3.01. The minimum Gasteiger partial charge on any atom is -0.485 e. The largest absolute Gasteiger partial charge is 0.485 e. The SMILES string of the molecule is CNCCc1cn(C)c2ccc(F)c(OCc3cccc4cccnc34)c12. The normalized spacial score (nSPS) is 11.4. The fourth-order valence-corrected chi connectivity index (χ4v) is 3.54. The zero-order valence-electron chi connectivity index (χ0n) is 15.5.